The fourth-order valence-corrected chi connectivity index (χ4v) is 3.41. The number of carbonyl (C=O) groups excluding carboxylic acids is 1. The van der Waals surface area contributed by atoms with E-state index in [1.165, 1.54) is 34.6 Å². The number of thiophene rings is 1. The third kappa shape index (κ3) is 3.07. The van der Waals surface area contributed by atoms with Crippen molar-refractivity contribution >= 4 is 17.2 Å². The normalized spacial score (nSPS) is 15.6. The monoisotopic (exact) mass is 252 g/mol. The maximum Gasteiger partial charge on any atom is 0.223 e. The summed E-state index contributed by atoms with van der Waals surface area (Å²) in [5, 5.41) is 2.99. The number of rotatable bonds is 5. The molecule has 0 aliphatic heterocycles. The highest BCUT2D eigenvalue weighted by atomic mass is 32.1. The molecule has 1 aromatic rings. The molecule has 0 radical (unpaired) electrons. The van der Waals surface area contributed by atoms with Gasteiger partial charge in [0.05, 0.1) is 6.54 Å². The van der Waals surface area contributed by atoms with Crippen LogP contribution in [0.5, 0.6) is 0 Å². The zero-order chi connectivity index (χ0) is 12.3. The lowest BCUT2D eigenvalue weighted by atomic mass is 10.1. The number of hydrogen-bond acceptors (Lipinski definition) is 3. The van der Waals surface area contributed by atoms with Crippen molar-refractivity contribution < 1.29 is 4.79 Å². The van der Waals surface area contributed by atoms with Crippen molar-refractivity contribution in [3.8, 4) is 0 Å². The highest BCUT2D eigenvalue weighted by molar-refractivity contribution is 7.12. The molecule has 1 heterocycles. The zero-order valence-corrected chi connectivity index (χ0v) is 11.1. The van der Waals surface area contributed by atoms with Gasteiger partial charge in [-0.2, -0.15) is 0 Å². The average molecular weight is 252 g/mol. The molecule has 3 nitrogen and oxygen atoms in total. The zero-order valence-electron chi connectivity index (χ0n) is 10.3. The van der Waals surface area contributed by atoms with Crippen molar-refractivity contribution in [2.75, 3.05) is 6.54 Å². The molecule has 1 unspecified atom stereocenters. The van der Waals surface area contributed by atoms with E-state index >= 15 is 0 Å². The number of fused-ring (bicyclic) bond motifs is 1. The Morgan fingerprint density at radius 2 is 2.41 bits per heavy atom. The summed E-state index contributed by atoms with van der Waals surface area (Å²) in [7, 11) is 0. The SMILES string of the molecule is CC(CCN)C(=O)NCc1cc2c(s1)CCC2. The minimum atomic E-state index is 0.0202. The fourth-order valence-electron chi connectivity index (χ4n) is 2.21. The lowest BCUT2D eigenvalue weighted by Crippen LogP contribution is -2.29. The molecule has 4 heteroatoms. The van der Waals surface area contributed by atoms with Crippen LogP contribution in [0.4, 0.5) is 0 Å². The lowest BCUT2D eigenvalue weighted by Gasteiger charge is -2.10. The van der Waals surface area contributed by atoms with Gasteiger partial charge in [0.25, 0.3) is 0 Å². The van der Waals surface area contributed by atoms with Crippen LogP contribution in [0.3, 0.4) is 0 Å². The number of nitrogens with two attached hydrogens (primary N) is 1. The van der Waals surface area contributed by atoms with Crippen molar-refractivity contribution in [3.63, 3.8) is 0 Å². The topological polar surface area (TPSA) is 55.1 Å². The van der Waals surface area contributed by atoms with Gasteiger partial charge in [-0.05, 0) is 43.9 Å². The second kappa shape index (κ2) is 5.65. The molecule has 0 bridgehead atoms. The third-order valence-corrected chi connectivity index (χ3v) is 4.52. The fraction of sp³-hybridized carbons (Fsp3) is 0.615. The van der Waals surface area contributed by atoms with Crippen LogP contribution in [0.2, 0.25) is 0 Å². The van der Waals surface area contributed by atoms with Crippen molar-refractivity contribution in [2.24, 2.45) is 11.7 Å². The quantitative estimate of drug-likeness (QED) is 0.840. The summed E-state index contributed by atoms with van der Waals surface area (Å²) in [6, 6.07) is 2.25. The predicted octanol–water partition coefficient (Wildman–Crippen LogP) is 1.84. The number of nitrogens with one attached hydrogen (secondary N) is 1. The summed E-state index contributed by atoms with van der Waals surface area (Å²) in [5.74, 6) is 0.135. The number of hydrogen-bond donors (Lipinski definition) is 2. The first-order valence-electron chi connectivity index (χ1n) is 6.29. The van der Waals surface area contributed by atoms with Crippen LogP contribution in [0, 0.1) is 5.92 Å². The molecular weight excluding hydrogens is 232 g/mol. The van der Waals surface area contributed by atoms with Crippen LogP contribution < -0.4 is 11.1 Å². The van der Waals surface area contributed by atoms with Gasteiger partial charge in [0.1, 0.15) is 0 Å². The number of amides is 1. The Hall–Kier alpha value is -0.870. The van der Waals surface area contributed by atoms with Gasteiger partial charge in [0.15, 0.2) is 0 Å². The summed E-state index contributed by atoms with van der Waals surface area (Å²) >= 11 is 1.85. The van der Waals surface area contributed by atoms with Crippen LogP contribution in [-0.4, -0.2) is 12.5 Å². The molecule has 2 rings (SSSR count). The van der Waals surface area contributed by atoms with Gasteiger partial charge < -0.3 is 11.1 Å². The van der Waals surface area contributed by atoms with Crippen LogP contribution in [0.1, 0.15) is 35.1 Å². The van der Waals surface area contributed by atoms with Crippen LogP contribution in [-0.2, 0) is 24.2 Å². The largest absolute Gasteiger partial charge is 0.351 e. The molecule has 0 saturated heterocycles. The van der Waals surface area contributed by atoms with Gasteiger partial charge in [0.2, 0.25) is 5.91 Å². The van der Waals surface area contributed by atoms with E-state index in [-0.39, 0.29) is 11.8 Å². The van der Waals surface area contributed by atoms with E-state index < -0.39 is 0 Å². The molecule has 1 aromatic heterocycles. The van der Waals surface area contributed by atoms with E-state index in [9.17, 15) is 4.79 Å². The first-order chi connectivity index (χ1) is 8.20. The molecule has 0 spiro atoms. The molecule has 0 aromatic carbocycles. The third-order valence-electron chi connectivity index (χ3n) is 3.28. The Balaban J connectivity index is 1.83. The molecular formula is C13H20N2OS. The summed E-state index contributed by atoms with van der Waals surface area (Å²) in [5.41, 5.74) is 6.94. The first-order valence-corrected chi connectivity index (χ1v) is 7.10. The Bertz CT molecular complexity index is 379. The van der Waals surface area contributed by atoms with Crippen molar-refractivity contribution in [3.05, 3.63) is 21.4 Å². The number of carbonyl (C=O) groups is 1. The molecule has 1 aliphatic carbocycles. The van der Waals surface area contributed by atoms with E-state index in [2.05, 4.69) is 11.4 Å². The molecule has 17 heavy (non-hydrogen) atoms. The van der Waals surface area contributed by atoms with Gasteiger partial charge in [0, 0.05) is 15.7 Å². The Morgan fingerprint density at radius 3 is 3.12 bits per heavy atom. The minimum absolute atomic E-state index is 0.0202. The maximum atomic E-state index is 11.7. The second-order valence-electron chi connectivity index (χ2n) is 4.71. The predicted molar refractivity (Wildman–Crippen MR) is 71.0 cm³/mol. The standard InChI is InChI=1S/C13H20N2OS/c1-9(5-6-14)13(16)15-8-11-7-10-3-2-4-12(10)17-11/h7,9H,2-6,8,14H2,1H3,(H,15,16). The second-order valence-corrected chi connectivity index (χ2v) is 5.93. The van der Waals surface area contributed by atoms with E-state index in [1.54, 1.807) is 0 Å². The van der Waals surface area contributed by atoms with Gasteiger partial charge in [-0.25, -0.2) is 0 Å². The van der Waals surface area contributed by atoms with Crippen molar-refractivity contribution in [2.45, 2.75) is 39.2 Å². The van der Waals surface area contributed by atoms with E-state index in [0.29, 0.717) is 13.1 Å². The average Bonchev–Trinajstić information content (AvgIpc) is 2.86. The molecule has 1 aliphatic rings. The lowest BCUT2D eigenvalue weighted by molar-refractivity contribution is -0.124. The molecule has 0 saturated carbocycles. The summed E-state index contributed by atoms with van der Waals surface area (Å²) < 4.78 is 0. The smallest absolute Gasteiger partial charge is 0.223 e. The highest BCUT2D eigenvalue weighted by Gasteiger charge is 2.16. The first kappa shape index (κ1) is 12.6. The van der Waals surface area contributed by atoms with Crippen molar-refractivity contribution in [1.82, 2.24) is 5.32 Å². The highest BCUT2D eigenvalue weighted by Crippen LogP contribution is 2.30. The van der Waals surface area contributed by atoms with Crippen LogP contribution >= 0.6 is 11.3 Å². The van der Waals surface area contributed by atoms with Gasteiger partial charge in [-0.3, -0.25) is 4.79 Å². The molecule has 94 valence electrons. The van der Waals surface area contributed by atoms with E-state index in [0.717, 1.165) is 6.42 Å². The molecule has 1 amide bonds. The Kier molecular flexibility index (Phi) is 4.18. The van der Waals surface area contributed by atoms with Crippen molar-refractivity contribution in [1.29, 1.82) is 0 Å². The van der Waals surface area contributed by atoms with Gasteiger partial charge in [-0.1, -0.05) is 6.92 Å². The minimum Gasteiger partial charge on any atom is -0.351 e. The maximum absolute atomic E-state index is 11.7. The van der Waals surface area contributed by atoms with Crippen LogP contribution in [0.25, 0.3) is 0 Å². The van der Waals surface area contributed by atoms with Crippen LogP contribution in [0.15, 0.2) is 6.07 Å². The molecule has 0 fully saturated rings. The van der Waals surface area contributed by atoms with E-state index in [1.807, 2.05) is 18.3 Å². The number of aryl methyl sites for hydroxylation is 2. The summed E-state index contributed by atoms with van der Waals surface area (Å²) in [4.78, 5) is 14.5. The Morgan fingerprint density at radius 1 is 1.59 bits per heavy atom. The Labute approximate surface area is 106 Å². The van der Waals surface area contributed by atoms with E-state index in [4.69, 9.17) is 5.73 Å². The van der Waals surface area contributed by atoms with Gasteiger partial charge >= 0.3 is 0 Å². The molecule has 1 atom stereocenters. The summed E-state index contributed by atoms with van der Waals surface area (Å²) in [6.07, 6.45) is 4.48. The van der Waals surface area contributed by atoms with Gasteiger partial charge in [-0.15, -0.1) is 11.3 Å². The molecule has 3 N–H and O–H groups in total. The summed E-state index contributed by atoms with van der Waals surface area (Å²) in [6.45, 7) is 3.17.